The zero-order valence-electron chi connectivity index (χ0n) is 27.2. The zero-order valence-corrected chi connectivity index (χ0v) is 28.0. The number of halogens is 1. The summed E-state index contributed by atoms with van der Waals surface area (Å²) < 4.78 is 5.10. The fraction of sp³-hybridized carbons (Fsp3) is 0.306. The van der Waals surface area contributed by atoms with E-state index in [1.807, 2.05) is 43.0 Å². The number of esters is 1. The third-order valence-corrected chi connectivity index (χ3v) is 8.58. The molecule has 2 amide bonds. The van der Waals surface area contributed by atoms with Gasteiger partial charge in [-0.2, -0.15) is 0 Å². The number of hydrogen-bond acceptors (Lipinski definition) is 9. The molecule has 3 heterocycles. The smallest absolute Gasteiger partial charge is 0.320 e. The second-order valence-electron chi connectivity index (χ2n) is 11.5. The topological polar surface area (TPSA) is 146 Å². The Kier molecular flexibility index (Phi) is 11.5. The van der Waals surface area contributed by atoms with E-state index in [9.17, 15) is 14.4 Å². The van der Waals surface area contributed by atoms with E-state index in [2.05, 4.69) is 25.9 Å². The largest absolute Gasteiger partial charge is 0.465 e. The number of benzene rings is 2. The molecule has 4 aromatic rings. The Labute approximate surface area is 284 Å². The summed E-state index contributed by atoms with van der Waals surface area (Å²) in [4.78, 5) is 49.5. The van der Waals surface area contributed by atoms with Crippen LogP contribution < -0.4 is 16.0 Å². The Balaban J connectivity index is 1.31. The minimum Gasteiger partial charge on any atom is -0.465 e. The quantitative estimate of drug-likeness (QED) is 0.122. The molecule has 0 bridgehead atoms. The van der Waals surface area contributed by atoms with Crippen molar-refractivity contribution in [3.63, 3.8) is 0 Å². The van der Waals surface area contributed by atoms with Crippen LogP contribution in [0.5, 0.6) is 0 Å². The van der Waals surface area contributed by atoms with Crippen LogP contribution in [0.25, 0.3) is 11.1 Å². The molecule has 48 heavy (non-hydrogen) atoms. The third kappa shape index (κ3) is 8.23. The number of aromatic nitrogens is 2. The maximum atomic E-state index is 13.5. The van der Waals surface area contributed by atoms with Gasteiger partial charge in [-0.1, -0.05) is 41.9 Å². The number of fused-ring (bicyclic) bond motifs is 1. The first-order valence-electron chi connectivity index (χ1n) is 15.8. The second-order valence-corrected chi connectivity index (χ2v) is 11.9. The van der Waals surface area contributed by atoms with E-state index in [4.69, 9.17) is 21.4 Å². The molecule has 2 aromatic carbocycles. The van der Waals surface area contributed by atoms with Crippen molar-refractivity contribution in [3.8, 4) is 11.1 Å². The minimum absolute atomic E-state index is 0.0454. The number of aliphatic hydroxyl groups is 1. The summed E-state index contributed by atoms with van der Waals surface area (Å²) in [5.74, 6) is -1.03. The highest BCUT2D eigenvalue weighted by molar-refractivity contribution is 6.36. The molecule has 11 nitrogen and oxygen atoms in total. The van der Waals surface area contributed by atoms with E-state index in [1.54, 1.807) is 43.5 Å². The van der Waals surface area contributed by atoms with Gasteiger partial charge in [-0.25, -0.2) is 4.98 Å². The van der Waals surface area contributed by atoms with Gasteiger partial charge in [0.15, 0.2) is 0 Å². The average Bonchev–Trinajstić information content (AvgIpc) is 3.07. The summed E-state index contributed by atoms with van der Waals surface area (Å²) in [5, 5.41) is 18.2. The van der Waals surface area contributed by atoms with Gasteiger partial charge in [-0.05, 0) is 79.3 Å². The van der Waals surface area contributed by atoms with E-state index in [1.165, 1.54) is 0 Å². The lowest BCUT2D eigenvalue weighted by Gasteiger charge is -2.28. The molecular weight excluding hydrogens is 632 g/mol. The molecule has 12 heteroatoms. The number of anilines is 2. The van der Waals surface area contributed by atoms with Gasteiger partial charge in [0, 0.05) is 43.6 Å². The van der Waals surface area contributed by atoms with Crippen LogP contribution in [0.2, 0.25) is 5.02 Å². The molecule has 0 saturated heterocycles. The predicted octanol–water partition coefficient (Wildman–Crippen LogP) is 4.92. The number of nitrogens with one attached hydrogen (secondary N) is 3. The molecule has 4 N–H and O–H groups in total. The van der Waals surface area contributed by atoms with Crippen LogP contribution in [-0.4, -0.2) is 70.6 Å². The zero-order chi connectivity index (χ0) is 34.2. The monoisotopic (exact) mass is 670 g/mol. The number of aryl methyl sites for hydroxylation is 1. The molecule has 0 unspecified atom stereocenters. The SMILES string of the molecule is CCOC(=O)CN1CCc2c(C)cc(C(=O)Nc3cccc(-c4cccc(NC(=O)c5ccc(CNCCO)cn5)c4C)c3Cl)nc2C1. The molecule has 0 fully saturated rings. The van der Waals surface area contributed by atoms with Crippen molar-refractivity contribution in [1.82, 2.24) is 20.2 Å². The Morgan fingerprint density at radius 3 is 2.44 bits per heavy atom. The summed E-state index contributed by atoms with van der Waals surface area (Å²) in [6.45, 7) is 8.35. The standard InChI is InChI=1S/C36H39ClN6O5/c1-4-48-33(45)21-43-15-13-25-22(2)17-31(40-32(25)20-43)36(47)42-29-10-6-8-27(34(29)37)26-7-5-9-28(23(26)3)41-35(46)30-12-11-24(19-39-30)18-38-14-16-44/h5-12,17,19,38,44H,4,13-16,18,20-21H2,1-3H3,(H,41,46)(H,42,47). The van der Waals surface area contributed by atoms with Crippen LogP contribution in [0.4, 0.5) is 11.4 Å². The molecule has 1 aliphatic rings. The maximum Gasteiger partial charge on any atom is 0.320 e. The summed E-state index contributed by atoms with van der Waals surface area (Å²) in [7, 11) is 0. The number of pyridine rings is 2. The highest BCUT2D eigenvalue weighted by Crippen LogP contribution is 2.37. The van der Waals surface area contributed by atoms with Crippen LogP contribution in [0.15, 0.2) is 60.8 Å². The maximum absolute atomic E-state index is 13.5. The van der Waals surface area contributed by atoms with Crippen molar-refractivity contribution >= 4 is 40.8 Å². The van der Waals surface area contributed by atoms with Crippen molar-refractivity contribution in [1.29, 1.82) is 0 Å². The van der Waals surface area contributed by atoms with Crippen LogP contribution in [-0.2, 0) is 29.0 Å². The first-order valence-corrected chi connectivity index (χ1v) is 16.2. The number of nitrogens with zero attached hydrogens (tertiary/aromatic N) is 3. The molecule has 0 atom stereocenters. The number of amides is 2. The fourth-order valence-electron chi connectivity index (χ4n) is 5.69. The van der Waals surface area contributed by atoms with Gasteiger partial charge in [0.2, 0.25) is 0 Å². The van der Waals surface area contributed by atoms with E-state index in [-0.39, 0.29) is 36.4 Å². The second kappa shape index (κ2) is 15.9. The molecule has 0 radical (unpaired) electrons. The predicted molar refractivity (Wildman–Crippen MR) is 185 cm³/mol. The van der Waals surface area contributed by atoms with Gasteiger partial charge >= 0.3 is 5.97 Å². The lowest BCUT2D eigenvalue weighted by Crippen LogP contribution is -2.36. The van der Waals surface area contributed by atoms with Crippen molar-refractivity contribution < 1.29 is 24.2 Å². The van der Waals surface area contributed by atoms with Gasteiger partial charge in [-0.15, -0.1) is 0 Å². The lowest BCUT2D eigenvalue weighted by atomic mass is 9.98. The van der Waals surface area contributed by atoms with Gasteiger partial charge in [0.05, 0.1) is 36.2 Å². The van der Waals surface area contributed by atoms with Gasteiger partial charge in [-0.3, -0.25) is 24.3 Å². The highest BCUT2D eigenvalue weighted by Gasteiger charge is 2.24. The number of hydrogen-bond donors (Lipinski definition) is 4. The van der Waals surface area contributed by atoms with Crippen LogP contribution in [0, 0.1) is 13.8 Å². The van der Waals surface area contributed by atoms with E-state index in [0.29, 0.717) is 54.7 Å². The average molecular weight is 671 g/mol. The molecule has 0 spiro atoms. The Hall–Kier alpha value is -4.68. The van der Waals surface area contributed by atoms with Crippen LogP contribution in [0.1, 0.15) is 55.8 Å². The Morgan fingerprint density at radius 2 is 1.71 bits per heavy atom. The normalized spacial score (nSPS) is 12.7. The van der Waals surface area contributed by atoms with Gasteiger partial charge in [0.25, 0.3) is 11.8 Å². The van der Waals surface area contributed by atoms with Crippen molar-refractivity contribution in [2.45, 2.75) is 40.3 Å². The summed E-state index contributed by atoms with van der Waals surface area (Å²) in [6.07, 6.45) is 2.36. The van der Waals surface area contributed by atoms with Crippen molar-refractivity contribution in [3.05, 3.63) is 105 Å². The third-order valence-electron chi connectivity index (χ3n) is 8.17. The van der Waals surface area contributed by atoms with Crippen LogP contribution in [0.3, 0.4) is 0 Å². The molecule has 1 aliphatic heterocycles. The highest BCUT2D eigenvalue weighted by atomic mass is 35.5. The van der Waals surface area contributed by atoms with E-state index < -0.39 is 5.91 Å². The molecular formula is C36H39ClN6O5. The summed E-state index contributed by atoms with van der Waals surface area (Å²) in [6, 6.07) is 16.2. The minimum atomic E-state index is -0.400. The number of carbonyl (C=O) groups excluding carboxylic acids is 3. The molecule has 250 valence electrons. The van der Waals surface area contributed by atoms with Gasteiger partial charge < -0.3 is 25.8 Å². The van der Waals surface area contributed by atoms with Crippen LogP contribution >= 0.6 is 11.6 Å². The molecule has 0 saturated carbocycles. The van der Waals surface area contributed by atoms with E-state index >= 15 is 0 Å². The van der Waals surface area contributed by atoms with Crippen molar-refractivity contribution in [2.75, 3.05) is 43.5 Å². The molecule has 2 aromatic heterocycles. The van der Waals surface area contributed by atoms with E-state index in [0.717, 1.165) is 39.9 Å². The summed E-state index contributed by atoms with van der Waals surface area (Å²) >= 11 is 6.90. The Bertz CT molecular complexity index is 1810. The first kappa shape index (κ1) is 34.6. The summed E-state index contributed by atoms with van der Waals surface area (Å²) in [5.41, 5.74) is 7.55. The lowest BCUT2D eigenvalue weighted by molar-refractivity contribution is -0.144. The fourth-order valence-corrected chi connectivity index (χ4v) is 5.96. The van der Waals surface area contributed by atoms with Gasteiger partial charge in [0.1, 0.15) is 11.4 Å². The number of aliphatic hydroxyl groups excluding tert-OH is 1. The first-order chi connectivity index (χ1) is 23.2. The number of ether oxygens (including phenoxy) is 1. The molecule has 0 aliphatic carbocycles. The Morgan fingerprint density at radius 1 is 0.979 bits per heavy atom. The van der Waals surface area contributed by atoms with Crippen molar-refractivity contribution in [2.24, 2.45) is 0 Å². The molecule has 5 rings (SSSR count). The number of carbonyl (C=O) groups is 3. The number of rotatable bonds is 12.